The second-order valence-corrected chi connectivity index (χ2v) is 5.94. The lowest BCUT2D eigenvalue weighted by atomic mass is 10.3. The fraction of sp³-hybridized carbons (Fsp3) is 0.417. The van der Waals surface area contributed by atoms with Crippen LogP contribution >= 0.6 is 0 Å². The molecule has 18 heavy (non-hydrogen) atoms. The van der Waals surface area contributed by atoms with Gasteiger partial charge in [-0.1, -0.05) is 19.1 Å². The quantitative estimate of drug-likeness (QED) is 0.819. The summed E-state index contributed by atoms with van der Waals surface area (Å²) in [6, 6.07) is 6.79. The minimum Gasteiger partial charge on any atom is -0.315 e. The van der Waals surface area contributed by atoms with E-state index in [1.807, 2.05) is 0 Å². The van der Waals surface area contributed by atoms with E-state index in [4.69, 9.17) is 0 Å². The van der Waals surface area contributed by atoms with Gasteiger partial charge in [0.1, 0.15) is 11.2 Å². The number of nitrogens with zero attached hydrogens (tertiary/aromatic N) is 2. The molecule has 0 radical (unpaired) electrons. The third kappa shape index (κ3) is 2.54. The predicted molar refractivity (Wildman–Crippen MR) is 71.6 cm³/mol. The first-order valence-electron chi connectivity index (χ1n) is 6.02. The Morgan fingerprint density at radius 2 is 2.06 bits per heavy atom. The van der Waals surface area contributed by atoms with Crippen molar-refractivity contribution in [3.05, 3.63) is 24.3 Å². The van der Waals surface area contributed by atoms with Crippen LogP contribution in [-0.4, -0.2) is 38.7 Å². The Labute approximate surface area is 108 Å². The van der Waals surface area contributed by atoms with Gasteiger partial charge in [0.15, 0.2) is 0 Å². The zero-order valence-electron chi connectivity index (χ0n) is 10.3. The van der Waals surface area contributed by atoms with Crippen LogP contribution in [0.15, 0.2) is 34.2 Å². The van der Waals surface area contributed by atoms with E-state index < -0.39 is 10.0 Å². The summed E-state index contributed by atoms with van der Waals surface area (Å²) >= 11 is 0. The summed E-state index contributed by atoms with van der Waals surface area (Å²) in [6.45, 7) is 3.99. The summed E-state index contributed by atoms with van der Waals surface area (Å²) in [4.78, 5) is 4.44. The van der Waals surface area contributed by atoms with Crippen molar-refractivity contribution in [3.8, 4) is 0 Å². The van der Waals surface area contributed by atoms with Crippen LogP contribution < -0.4 is 5.32 Å². The van der Waals surface area contributed by atoms with Crippen molar-refractivity contribution in [1.29, 1.82) is 0 Å². The Hall–Kier alpha value is -1.40. The zero-order valence-corrected chi connectivity index (χ0v) is 11.2. The molecule has 1 heterocycles. The van der Waals surface area contributed by atoms with Crippen molar-refractivity contribution < 1.29 is 8.42 Å². The lowest BCUT2D eigenvalue weighted by Gasteiger charge is -2.23. The number of nitrogens with one attached hydrogen (secondary N) is 1. The third-order valence-electron chi connectivity index (χ3n) is 2.71. The summed E-state index contributed by atoms with van der Waals surface area (Å²) in [5.41, 5.74) is 0.510. The molecule has 0 atom stereocenters. The van der Waals surface area contributed by atoms with Gasteiger partial charge in [0.05, 0.1) is 5.69 Å². The average molecular weight is 267 g/mol. The fourth-order valence-corrected chi connectivity index (χ4v) is 3.16. The van der Waals surface area contributed by atoms with Gasteiger partial charge < -0.3 is 5.32 Å². The van der Waals surface area contributed by atoms with E-state index in [1.54, 1.807) is 24.3 Å². The number of fused-ring (bicyclic) bond motifs is 1. The highest BCUT2D eigenvalue weighted by Crippen LogP contribution is 2.29. The summed E-state index contributed by atoms with van der Waals surface area (Å²) in [5, 5.41) is 3.18. The largest absolute Gasteiger partial charge is 0.315 e. The molecule has 0 saturated carbocycles. The molecule has 0 aromatic heterocycles. The number of rotatable bonds is 5. The van der Waals surface area contributed by atoms with E-state index in [-0.39, 0.29) is 4.90 Å². The van der Waals surface area contributed by atoms with Crippen LogP contribution in [0.25, 0.3) is 0 Å². The van der Waals surface area contributed by atoms with E-state index >= 15 is 0 Å². The summed E-state index contributed by atoms with van der Waals surface area (Å²) < 4.78 is 25.8. The van der Waals surface area contributed by atoms with E-state index in [9.17, 15) is 8.42 Å². The molecule has 0 bridgehead atoms. The molecule has 0 amide bonds. The van der Waals surface area contributed by atoms with E-state index in [1.165, 1.54) is 10.6 Å². The first-order valence-corrected chi connectivity index (χ1v) is 7.46. The number of hydrogen-bond acceptors (Lipinski definition) is 4. The number of benzene rings is 1. The first kappa shape index (κ1) is 13.0. The number of aliphatic imine (C=N–C) groups is 1. The minimum absolute atomic E-state index is 0.281. The molecule has 0 aliphatic carbocycles. The van der Waals surface area contributed by atoms with Gasteiger partial charge in [-0.2, -0.15) is 0 Å². The maximum atomic E-state index is 12.3. The molecule has 0 saturated heterocycles. The van der Waals surface area contributed by atoms with Crippen molar-refractivity contribution >= 4 is 22.0 Å². The Bertz CT molecular complexity index is 540. The van der Waals surface area contributed by atoms with Crippen LogP contribution in [0.2, 0.25) is 0 Å². The molecular weight excluding hydrogens is 250 g/mol. The molecule has 1 aromatic carbocycles. The lowest BCUT2D eigenvalue weighted by molar-refractivity contribution is 0.510. The summed E-state index contributed by atoms with van der Waals surface area (Å²) in [6.07, 6.45) is 2.43. The molecule has 2 rings (SSSR count). The Morgan fingerprint density at radius 1 is 1.28 bits per heavy atom. The molecular formula is C12H17N3O2S. The molecule has 0 spiro atoms. The molecule has 0 unspecified atom stereocenters. The standard InChI is InChI=1S/C12H17N3O2S/c1-2-7-13-8-9-15-10-14-11-5-3-4-6-12(11)18(15,16)17/h3-6,10,13H,2,7-9H2,1H3. The molecule has 98 valence electrons. The lowest BCUT2D eigenvalue weighted by Crippen LogP contribution is -2.37. The van der Waals surface area contributed by atoms with Crippen LogP contribution in [0, 0.1) is 0 Å². The Balaban J connectivity index is 2.13. The second kappa shape index (κ2) is 5.49. The second-order valence-electron chi connectivity index (χ2n) is 4.08. The van der Waals surface area contributed by atoms with Crippen molar-refractivity contribution in [2.75, 3.05) is 19.6 Å². The van der Waals surface area contributed by atoms with E-state index in [0.717, 1.165) is 13.0 Å². The minimum atomic E-state index is -3.43. The van der Waals surface area contributed by atoms with Crippen molar-refractivity contribution in [2.45, 2.75) is 18.2 Å². The van der Waals surface area contributed by atoms with E-state index in [2.05, 4.69) is 17.2 Å². The Kier molecular flexibility index (Phi) is 3.98. The van der Waals surface area contributed by atoms with Crippen LogP contribution in [0.3, 0.4) is 0 Å². The van der Waals surface area contributed by atoms with Gasteiger partial charge in [0.25, 0.3) is 10.0 Å². The average Bonchev–Trinajstić information content (AvgIpc) is 2.37. The highest BCUT2D eigenvalue weighted by Gasteiger charge is 2.27. The SMILES string of the molecule is CCCNCCN1C=Nc2ccccc2S1(=O)=O. The van der Waals surface area contributed by atoms with Gasteiger partial charge in [-0.05, 0) is 25.1 Å². The Morgan fingerprint density at radius 3 is 2.83 bits per heavy atom. The topological polar surface area (TPSA) is 61.8 Å². The molecule has 0 fully saturated rings. The summed E-state index contributed by atoms with van der Waals surface area (Å²) in [5.74, 6) is 0. The highest BCUT2D eigenvalue weighted by atomic mass is 32.2. The smallest absolute Gasteiger partial charge is 0.267 e. The first-order chi connectivity index (χ1) is 8.66. The predicted octanol–water partition coefficient (Wildman–Crippen LogP) is 1.35. The van der Waals surface area contributed by atoms with Gasteiger partial charge in [0, 0.05) is 13.1 Å². The molecule has 1 aliphatic heterocycles. The van der Waals surface area contributed by atoms with Crippen molar-refractivity contribution in [1.82, 2.24) is 9.62 Å². The fourth-order valence-electron chi connectivity index (χ4n) is 1.77. The molecule has 1 aromatic rings. The van der Waals surface area contributed by atoms with Gasteiger partial charge in [-0.3, -0.25) is 4.31 Å². The van der Waals surface area contributed by atoms with Crippen LogP contribution in [0.5, 0.6) is 0 Å². The normalized spacial score (nSPS) is 16.6. The van der Waals surface area contributed by atoms with Crippen LogP contribution in [0.4, 0.5) is 5.69 Å². The number of para-hydroxylation sites is 1. The maximum Gasteiger partial charge on any atom is 0.267 e. The molecule has 5 nitrogen and oxygen atoms in total. The van der Waals surface area contributed by atoms with Crippen molar-refractivity contribution in [3.63, 3.8) is 0 Å². The van der Waals surface area contributed by atoms with Crippen molar-refractivity contribution in [2.24, 2.45) is 4.99 Å². The summed E-state index contributed by atoms with van der Waals surface area (Å²) in [7, 11) is -3.43. The van der Waals surface area contributed by atoms with Gasteiger partial charge >= 0.3 is 0 Å². The monoisotopic (exact) mass is 267 g/mol. The molecule has 6 heteroatoms. The van der Waals surface area contributed by atoms with Crippen LogP contribution in [-0.2, 0) is 10.0 Å². The van der Waals surface area contributed by atoms with Gasteiger partial charge in [-0.15, -0.1) is 0 Å². The van der Waals surface area contributed by atoms with Crippen LogP contribution in [0.1, 0.15) is 13.3 Å². The maximum absolute atomic E-state index is 12.3. The number of hydrogen-bond donors (Lipinski definition) is 1. The molecule has 1 N–H and O–H groups in total. The number of sulfonamides is 1. The third-order valence-corrected chi connectivity index (χ3v) is 4.51. The van der Waals surface area contributed by atoms with E-state index in [0.29, 0.717) is 18.8 Å². The van der Waals surface area contributed by atoms with Gasteiger partial charge in [-0.25, -0.2) is 13.4 Å². The molecule has 1 aliphatic rings. The van der Waals surface area contributed by atoms with Gasteiger partial charge in [0.2, 0.25) is 0 Å². The zero-order chi connectivity index (χ0) is 13.0. The highest BCUT2D eigenvalue weighted by molar-refractivity contribution is 7.89.